The molecule has 1 aromatic carbocycles. The van der Waals surface area contributed by atoms with Gasteiger partial charge in [0.15, 0.2) is 0 Å². The lowest BCUT2D eigenvalue weighted by atomic mass is 9.81. The van der Waals surface area contributed by atoms with E-state index in [9.17, 15) is 22.8 Å². The fraction of sp³-hybridized carbons (Fsp3) is 0.368. The lowest BCUT2D eigenvalue weighted by Crippen LogP contribution is -2.36. The summed E-state index contributed by atoms with van der Waals surface area (Å²) in [6.45, 7) is 2.05. The van der Waals surface area contributed by atoms with Crippen LogP contribution < -0.4 is 15.6 Å². The van der Waals surface area contributed by atoms with Gasteiger partial charge in [0.1, 0.15) is 17.0 Å². The van der Waals surface area contributed by atoms with Gasteiger partial charge in [-0.3, -0.25) is 9.59 Å². The first-order chi connectivity index (χ1) is 12.7. The summed E-state index contributed by atoms with van der Waals surface area (Å²) in [5.74, 6) is 0.304. The average molecular weight is 380 g/mol. The Hall–Kier alpha value is -2.77. The average Bonchev–Trinajstić information content (AvgIpc) is 2.59. The molecule has 144 valence electrons. The first-order valence-corrected chi connectivity index (χ1v) is 8.47. The summed E-state index contributed by atoms with van der Waals surface area (Å²) in [4.78, 5) is 26.1. The van der Waals surface area contributed by atoms with Gasteiger partial charge in [-0.05, 0) is 54.2 Å². The molecular formula is C19H19F3N2O3. The number of rotatable bonds is 3. The molecule has 1 heterocycles. The number of fused-ring (bicyclic) bond motifs is 1. The van der Waals surface area contributed by atoms with E-state index in [1.165, 1.54) is 0 Å². The van der Waals surface area contributed by atoms with Crippen LogP contribution in [0, 0.1) is 5.92 Å². The maximum Gasteiger partial charge on any atom is 0.431 e. The van der Waals surface area contributed by atoms with E-state index in [2.05, 4.69) is 5.32 Å². The molecule has 0 spiro atoms. The second kappa shape index (κ2) is 7.09. The molecule has 3 rings (SSSR count). The topological polar surface area (TPSA) is 71.2 Å². The lowest BCUT2D eigenvalue weighted by molar-refractivity contribution is -0.141. The number of aromatic amines is 1. The van der Waals surface area contributed by atoms with Gasteiger partial charge in [0.2, 0.25) is 0 Å². The Morgan fingerprint density at radius 3 is 2.63 bits per heavy atom. The van der Waals surface area contributed by atoms with Crippen LogP contribution in [0.3, 0.4) is 0 Å². The van der Waals surface area contributed by atoms with Gasteiger partial charge in [-0.15, -0.1) is 0 Å². The van der Waals surface area contributed by atoms with Gasteiger partial charge in [-0.25, -0.2) is 0 Å². The molecule has 0 saturated carbocycles. The van der Waals surface area contributed by atoms with Gasteiger partial charge in [0.05, 0.1) is 13.2 Å². The van der Waals surface area contributed by atoms with Crippen molar-refractivity contribution in [3.05, 3.63) is 63.1 Å². The van der Waals surface area contributed by atoms with E-state index in [1.54, 1.807) is 18.2 Å². The summed E-state index contributed by atoms with van der Waals surface area (Å²) in [5, 5.41) is 2.78. The number of hydrogen-bond acceptors (Lipinski definition) is 3. The number of halogens is 3. The van der Waals surface area contributed by atoms with Crippen molar-refractivity contribution in [2.45, 2.75) is 32.0 Å². The van der Waals surface area contributed by atoms with Crippen LogP contribution in [-0.2, 0) is 12.6 Å². The van der Waals surface area contributed by atoms with Gasteiger partial charge in [0.25, 0.3) is 11.5 Å². The molecule has 1 aliphatic carbocycles. The molecule has 2 atom stereocenters. The van der Waals surface area contributed by atoms with Crippen molar-refractivity contribution in [3.63, 3.8) is 0 Å². The zero-order chi connectivity index (χ0) is 19.8. The number of nitrogens with one attached hydrogen (secondary N) is 2. The van der Waals surface area contributed by atoms with Crippen LogP contribution in [0.2, 0.25) is 0 Å². The number of pyridine rings is 1. The van der Waals surface area contributed by atoms with Crippen LogP contribution >= 0.6 is 0 Å². The summed E-state index contributed by atoms with van der Waals surface area (Å²) < 4.78 is 43.2. The van der Waals surface area contributed by atoms with Crippen molar-refractivity contribution in [3.8, 4) is 5.75 Å². The third kappa shape index (κ3) is 3.99. The predicted molar refractivity (Wildman–Crippen MR) is 92.8 cm³/mol. The molecule has 0 saturated heterocycles. The lowest BCUT2D eigenvalue weighted by Gasteiger charge is -2.30. The number of hydrogen-bond donors (Lipinski definition) is 2. The van der Waals surface area contributed by atoms with E-state index < -0.39 is 23.3 Å². The van der Waals surface area contributed by atoms with E-state index in [0.717, 1.165) is 23.6 Å². The molecule has 2 unspecified atom stereocenters. The number of aromatic nitrogens is 1. The molecule has 2 N–H and O–H groups in total. The van der Waals surface area contributed by atoms with Gasteiger partial charge >= 0.3 is 6.18 Å². The number of ether oxygens (including phenoxy) is 1. The van der Waals surface area contributed by atoms with Gasteiger partial charge in [0, 0.05) is 0 Å². The van der Waals surface area contributed by atoms with E-state index >= 15 is 0 Å². The van der Waals surface area contributed by atoms with Crippen LogP contribution in [0.4, 0.5) is 13.2 Å². The highest BCUT2D eigenvalue weighted by Crippen LogP contribution is 2.35. The third-order valence-corrected chi connectivity index (χ3v) is 4.70. The SMILES string of the molecule is COc1ccc2c(c1)CC(C)CC2NC(=O)c1ccc(C(F)(F)F)[nH]c1=O. The normalized spacial score (nSPS) is 19.3. The molecule has 27 heavy (non-hydrogen) atoms. The van der Waals surface area contributed by atoms with E-state index in [1.807, 2.05) is 19.1 Å². The minimum Gasteiger partial charge on any atom is -0.497 e. The van der Waals surface area contributed by atoms with Gasteiger partial charge in [-0.2, -0.15) is 13.2 Å². The van der Waals surface area contributed by atoms with Crippen molar-refractivity contribution >= 4 is 5.91 Å². The highest BCUT2D eigenvalue weighted by Gasteiger charge is 2.33. The summed E-state index contributed by atoms with van der Waals surface area (Å²) in [7, 11) is 1.57. The number of alkyl halides is 3. The minimum atomic E-state index is -4.68. The second-order valence-corrected chi connectivity index (χ2v) is 6.75. The number of carbonyl (C=O) groups is 1. The largest absolute Gasteiger partial charge is 0.497 e. The second-order valence-electron chi connectivity index (χ2n) is 6.75. The Morgan fingerprint density at radius 1 is 1.26 bits per heavy atom. The highest BCUT2D eigenvalue weighted by molar-refractivity contribution is 5.94. The van der Waals surface area contributed by atoms with Gasteiger partial charge < -0.3 is 15.0 Å². The van der Waals surface area contributed by atoms with Crippen LogP contribution in [-0.4, -0.2) is 18.0 Å². The quantitative estimate of drug-likeness (QED) is 0.857. The third-order valence-electron chi connectivity index (χ3n) is 4.70. The first-order valence-electron chi connectivity index (χ1n) is 8.47. The molecule has 1 aliphatic rings. The zero-order valence-corrected chi connectivity index (χ0v) is 14.8. The van der Waals surface area contributed by atoms with E-state index in [0.29, 0.717) is 24.2 Å². The Bertz CT molecular complexity index is 921. The molecule has 0 fully saturated rings. The van der Waals surface area contributed by atoms with Crippen LogP contribution in [0.5, 0.6) is 5.75 Å². The number of benzene rings is 1. The summed E-state index contributed by atoms with van der Waals surface area (Å²) >= 11 is 0. The fourth-order valence-corrected chi connectivity index (χ4v) is 3.40. The number of carbonyl (C=O) groups excluding carboxylic acids is 1. The van der Waals surface area contributed by atoms with Crippen molar-refractivity contribution in [2.75, 3.05) is 7.11 Å². The summed E-state index contributed by atoms with van der Waals surface area (Å²) in [5.41, 5.74) is -0.643. The maximum atomic E-state index is 12.7. The smallest absolute Gasteiger partial charge is 0.431 e. The monoisotopic (exact) mass is 380 g/mol. The Labute approximate surface area is 153 Å². The number of methoxy groups -OCH3 is 1. The van der Waals surface area contributed by atoms with Crippen molar-refractivity contribution < 1.29 is 22.7 Å². The molecule has 8 heteroatoms. The minimum absolute atomic E-state index is 0.292. The maximum absolute atomic E-state index is 12.7. The van der Waals surface area contributed by atoms with Crippen LogP contribution in [0.1, 0.15) is 46.6 Å². The standard InChI is InChI=1S/C19H19F3N2O3/c1-10-7-11-9-12(27-2)3-4-13(11)15(8-10)23-17(25)14-5-6-16(19(20,21)22)24-18(14)26/h3-6,9-10,15H,7-8H2,1-2H3,(H,23,25)(H,24,26). The number of H-pyrrole nitrogens is 1. The molecule has 5 nitrogen and oxygen atoms in total. The number of amides is 1. The van der Waals surface area contributed by atoms with Crippen LogP contribution in [0.15, 0.2) is 35.1 Å². The molecule has 1 aromatic heterocycles. The fourth-order valence-electron chi connectivity index (χ4n) is 3.40. The molecule has 0 bridgehead atoms. The van der Waals surface area contributed by atoms with Crippen LogP contribution in [0.25, 0.3) is 0 Å². The van der Waals surface area contributed by atoms with Crippen molar-refractivity contribution in [2.24, 2.45) is 5.92 Å². The van der Waals surface area contributed by atoms with E-state index in [-0.39, 0.29) is 11.6 Å². The summed E-state index contributed by atoms with van der Waals surface area (Å²) in [6.07, 6.45) is -3.17. The molecule has 1 amide bonds. The van der Waals surface area contributed by atoms with Crippen molar-refractivity contribution in [1.82, 2.24) is 10.3 Å². The van der Waals surface area contributed by atoms with E-state index in [4.69, 9.17) is 4.74 Å². The Balaban J connectivity index is 1.86. The zero-order valence-electron chi connectivity index (χ0n) is 14.8. The Kier molecular flexibility index (Phi) is 4.99. The van der Waals surface area contributed by atoms with Gasteiger partial charge in [-0.1, -0.05) is 13.0 Å². The summed E-state index contributed by atoms with van der Waals surface area (Å²) in [6, 6.07) is 6.83. The molecule has 0 aliphatic heterocycles. The molecule has 0 radical (unpaired) electrons. The molecular weight excluding hydrogens is 361 g/mol. The Morgan fingerprint density at radius 2 is 2.00 bits per heavy atom. The predicted octanol–water partition coefficient (Wildman–Crippen LogP) is 3.46. The van der Waals surface area contributed by atoms with Crippen molar-refractivity contribution in [1.29, 1.82) is 0 Å². The first kappa shape index (κ1) is 19.0. The highest BCUT2D eigenvalue weighted by atomic mass is 19.4. The molecule has 2 aromatic rings.